The number of benzene rings is 1. The molecule has 3 heteroatoms. The van der Waals surface area contributed by atoms with Crippen LogP contribution in [-0.4, -0.2) is 48.3 Å². The summed E-state index contributed by atoms with van der Waals surface area (Å²) in [6.07, 6.45) is 5.85. The minimum absolute atomic E-state index is 0.142. The van der Waals surface area contributed by atoms with Crippen molar-refractivity contribution in [1.29, 1.82) is 0 Å². The predicted molar refractivity (Wildman–Crippen MR) is 84.5 cm³/mol. The Hall–Kier alpha value is -0.900. The summed E-state index contributed by atoms with van der Waals surface area (Å²) in [7, 11) is 0. The fourth-order valence-electron chi connectivity index (χ4n) is 4.77. The second-order valence-electron chi connectivity index (χ2n) is 7.10. The Morgan fingerprint density at radius 1 is 1.14 bits per heavy atom. The molecule has 2 heterocycles. The van der Waals surface area contributed by atoms with Gasteiger partial charge in [0.15, 0.2) is 0 Å². The summed E-state index contributed by atoms with van der Waals surface area (Å²) in [5.74, 6) is 0. The molecule has 21 heavy (non-hydrogen) atoms. The van der Waals surface area contributed by atoms with E-state index in [9.17, 15) is 5.11 Å². The number of likely N-dealkylation sites (tertiary alicyclic amines) is 1. The van der Waals surface area contributed by atoms with E-state index in [4.69, 9.17) is 0 Å². The molecule has 0 radical (unpaired) electrons. The lowest BCUT2D eigenvalue weighted by Gasteiger charge is -2.45. The van der Waals surface area contributed by atoms with Gasteiger partial charge in [-0.2, -0.15) is 0 Å². The van der Waals surface area contributed by atoms with Crippen molar-refractivity contribution in [3.8, 4) is 0 Å². The summed E-state index contributed by atoms with van der Waals surface area (Å²) in [4.78, 5) is 2.53. The molecule has 1 aliphatic carbocycles. The number of nitrogens with one attached hydrogen (secondary N) is 1. The Morgan fingerprint density at radius 3 is 2.76 bits per heavy atom. The number of hydrogen-bond donors (Lipinski definition) is 2. The van der Waals surface area contributed by atoms with Crippen molar-refractivity contribution in [2.75, 3.05) is 26.2 Å². The smallest absolute Gasteiger partial charge is 0.0719 e. The minimum atomic E-state index is -0.142. The molecular weight excluding hydrogens is 260 g/mol. The van der Waals surface area contributed by atoms with Crippen molar-refractivity contribution < 1.29 is 5.11 Å². The molecule has 2 fully saturated rings. The summed E-state index contributed by atoms with van der Waals surface area (Å²) >= 11 is 0. The molecule has 2 saturated heterocycles. The summed E-state index contributed by atoms with van der Waals surface area (Å²) < 4.78 is 0. The Balaban J connectivity index is 1.48. The quantitative estimate of drug-likeness (QED) is 0.825. The minimum Gasteiger partial charge on any atom is -0.391 e. The molecule has 1 aromatic rings. The maximum absolute atomic E-state index is 10.3. The number of hydrogen-bond acceptors (Lipinski definition) is 3. The van der Waals surface area contributed by atoms with Gasteiger partial charge in [-0.3, -0.25) is 4.90 Å². The first-order valence-electron chi connectivity index (χ1n) is 8.50. The average molecular weight is 286 g/mol. The lowest BCUT2D eigenvalue weighted by molar-refractivity contribution is 0.00718. The number of aliphatic hydroxyl groups excluding tert-OH is 1. The van der Waals surface area contributed by atoms with E-state index in [2.05, 4.69) is 34.5 Å². The second-order valence-corrected chi connectivity index (χ2v) is 7.10. The first-order chi connectivity index (χ1) is 10.3. The maximum atomic E-state index is 10.3. The number of rotatable bonds is 1. The van der Waals surface area contributed by atoms with Crippen LogP contribution in [0, 0.1) is 0 Å². The van der Waals surface area contributed by atoms with Crippen LogP contribution in [0.3, 0.4) is 0 Å². The van der Waals surface area contributed by atoms with E-state index in [1.165, 1.54) is 25.7 Å². The van der Waals surface area contributed by atoms with Crippen LogP contribution in [0.4, 0.5) is 0 Å². The van der Waals surface area contributed by atoms with E-state index in [1.54, 1.807) is 11.1 Å². The molecule has 2 N–H and O–H groups in total. The molecule has 1 aromatic carbocycles. The zero-order valence-electron chi connectivity index (χ0n) is 12.7. The van der Waals surface area contributed by atoms with Crippen LogP contribution in [0.1, 0.15) is 36.8 Å². The van der Waals surface area contributed by atoms with Gasteiger partial charge < -0.3 is 10.4 Å². The van der Waals surface area contributed by atoms with Gasteiger partial charge in [-0.1, -0.05) is 24.3 Å². The topological polar surface area (TPSA) is 35.5 Å². The van der Waals surface area contributed by atoms with Crippen LogP contribution >= 0.6 is 0 Å². The first-order valence-corrected chi connectivity index (χ1v) is 8.50. The third-order valence-electron chi connectivity index (χ3n) is 6.10. The molecule has 4 rings (SSSR count). The lowest BCUT2D eigenvalue weighted by atomic mass is 9.73. The van der Waals surface area contributed by atoms with Crippen molar-refractivity contribution in [3.05, 3.63) is 35.4 Å². The highest BCUT2D eigenvalue weighted by Crippen LogP contribution is 2.46. The summed E-state index contributed by atoms with van der Waals surface area (Å²) in [5.41, 5.74) is 3.62. The van der Waals surface area contributed by atoms with Gasteiger partial charge in [0.05, 0.1) is 6.10 Å². The maximum Gasteiger partial charge on any atom is 0.0719 e. The molecule has 3 aliphatic rings. The number of aliphatic hydroxyl groups is 1. The van der Waals surface area contributed by atoms with Gasteiger partial charge in [0.2, 0.25) is 0 Å². The largest absolute Gasteiger partial charge is 0.391 e. The van der Waals surface area contributed by atoms with E-state index >= 15 is 0 Å². The Labute approximate surface area is 127 Å². The molecule has 0 bridgehead atoms. The van der Waals surface area contributed by atoms with Crippen molar-refractivity contribution in [1.82, 2.24) is 10.2 Å². The second kappa shape index (κ2) is 5.38. The fourth-order valence-corrected chi connectivity index (χ4v) is 4.77. The zero-order valence-corrected chi connectivity index (χ0v) is 12.7. The van der Waals surface area contributed by atoms with Crippen LogP contribution in [0.5, 0.6) is 0 Å². The number of fused-ring (bicyclic) bond motifs is 2. The predicted octanol–water partition coefficient (Wildman–Crippen LogP) is 1.69. The van der Waals surface area contributed by atoms with E-state index in [0.29, 0.717) is 11.5 Å². The Morgan fingerprint density at radius 2 is 1.95 bits per heavy atom. The highest BCUT2D eigenvalue weighted by molar-refractivity contribution is 5.39. The Kier molecular flexibility index (Phi) is 3.52. The summed E-state index contributed by atoms with van der Waals surface area (Å²) in [6, 6.07) is 9.37. The molecule has 0 saturated carbocycles. The monoisotopic (exact) mass is 286 g/mol. The highest BCUT2D eigenvalue weighted by atomic mass is 16.3. The van der Waals surface area contributed by atoms with E-state index in [1.807, 2.05) is 0 Å². The fraction of sp³-hybridized carbons (Fsp3) is 0.667. The van der Waals surface area contributed by atoms with Crippen LogP contribution in [0.15, 0.2) is 24.3 Å². The van der Waals surface area contributed by atoms with Gasteiger partial charge in [-0.05, 0) is 68.3 Å². The van der Waals surface area contributed by atoms with Crippen LogP contribution in [0.2, 0.25) is 0 Å². The molecular formula is C18H26N2O. The SMILES string of the molecule is OC1CCNCC1N1CCC2(CCc3ccccc32)CC1. The van der Waals surface area contributed by atoms with Gasteiger partial charge in [-0.25, -0.2) is 0 Å². The van der Waals surface area contributed by atoms with Crippen LogP contribution in [-0.2, 0) is 11.8 Å². The number of nitrogens with zero attached hydrogens (tertiary/aromatic N) is 1. The molecule has 2 unspecified atom stereocenters. The van der Waals surface area contributed by atoms with Crippen LogP contribution in [0.25, 0.3) is 0 Å². The van der Waals surface area contributed by atoms with Crippen LogP contribution < -0.4 is 5.32 Å². The molecule has 0 amide bonds. The summed E-state index contributed by atoms with van der Waals surface area (Å²) in [6.45, 7) is 4.18. The van der Waals surface area contributed by atoms with Crippen molar-refractivity contribution in [2.24, 2.45) is 0 Å². The van der Waals surface area contributed by atoms with Crippen molar-refractivity contribution in [2.45, 2.75) is 49.7 Å². The number of piperidine rings is 2. The third-order valence-corrected chi connectivity index (χ3v) is 6.10. The first kappa shape index (κ1) is 13.7. The molecule has 0 aromatic heterocycles. The normalized spacial score (nSPS) is 32.2. The molecule has 2 atom stereocenters. The van der Waals surface area contributed by atoms with E-state index in [0.717, 1.165) is 32.6 Å². The van der Waals surface area contributed by atoms with Gasteiger partial charge in [-0.15, -0.1) is 0 Å². The Bertz CT molecular complexity index is 508. The van der Waals surface area contributed by atoms with Gasteiger partial charge in [0.25, 0.3) is 0 Å². The molecule has 1 spiro atoms. The standard InChI is InChI=1S/C18H26N2O/c21-17-6-10-19-13-16(17)20-11-8-18(9-12-20)7-5-14-3-1-2-4-15(14)18/h1-4,16-17,19,21H,5-13H2. The van der Waals surface area contributed by atoms with Crippen molar-refractivity contribution in [3.63, 3.8) is 0 Å². The molecule has 114 valence electrons. The summed E-state index contributed by atoms with van der Waals surface area (Å²) in [5, 5.41) is 13.7. The van der Waals surface area contributed by atoms with E-state index < -0.39 is 0 Å². The van der Waals surface area contributed by atoms with Gasteiger partial charge >= 0.3 is 0 Å². The number of aryl methyl sites for hydroxylation is 1. The molecule has 2 aliphatic heterocycles. The zero-order chi connectivity index (χ0) is 14.3. The van der Waals surface area contributed by atoms with Gasteiger partial charge in [0, 0.05) is 12.6 Å². The van der Waals surface area contributed by atoms with Crippen molar-refractivity contribution >= 4 is 0 Å². The average Bonchev–Trinajstić information content (AvgIpc) is 2.88. The highest BCUT2D eigenvalue weighted by Gasteiger charge is 2.42. The molecule has 3 nitrogen and oxygen atoms in total. The lowest BCUT2D eigenvalue weighted by Crippen LogP contribution is -2.57. The third kappa shape index (κ3) is 2.32. The van der Waals surface area contributed by atoms with E-state index in [-0.39, 0.29) is 6.10 Å². The van der Waals surface area contributed by atoms with Gasteiger partial charge in [0.1, 0.15) is 0 Å².